The van der Waals surface area contributed by atoms with Crippen LogP contribution in [0.2, 0.25) is 0 Å². The Labute approximate surface area is 171 Å². The molecule has 1 aliphatic rings. The van der Waals surface area contributed by atoms with Crippen LogP contribution in [-0.4, -0.2) is 41.9 Å². The number of pyridine rings is 1. The van der Waals surface area contributed by atoms with Crippen molar-refractivity contribution in [2.24, 2.45) is 5.92 Å². The van der Waals surface area contributed by atoms with Crippen molar-refractivity contribution in [1.29, 1.82) is 0 Å². The number of methoxy groups -OCH3 is 1. The number of aliphatic carboxylic acids is 1. The number of hydrogen-bond donors (Lipinski definition) is 1. The lowest BCUT2D eigenvalue weighted by Crippen LogP contribution is -2.46. The first-order valence-electron chi connectivity index (χ1n) is 9.68. The number of aromatic nitrogens is 1. The van der Waals surface area contributed by atoms with Crippen LogP contribution in [0, 0.1) is 5.92 Å². The van der Waals surface area contributed by atoms with Gasteiger partial charge in [0.2, 0.25) is 10.0 Å². The van der Waals surface area contributed by atoms with E-state index in [2.05, 4.69) is 4.98 Å². The molecule has 2 aromatic rings. The van der Waals surface area contributed by atoms with E-state index in [4.69, 9.17) is 4.74 Å². The van der Waals surface area contributed by atoms with E-state index < -0.39 is 16.0 Å². The normalized spacial score (nSPS) is 19.8. The summed E-state index contributed by atoms with van der Waals surface area (Å²) in [4.78, 5) is 15.6. The van der Waals surface area contributed by atoms with Gasteiger partial charge >= 0.3 is 5.97 Å². The van der Waals surface area contributed by atoms with E-state index in [1.807, 2.05) is 0 Å². The molecule has 156 valence electrons. The van der Waals surface area contributed by atoms with Crippen LogP contribution in [0.4, 0.5) is 0 Å². The fraction of sp³-hybridized carbons (Fsp3) is 0.429. The molecule has 0 spiro atoms. The van der Waals surface area contributed by atoms with Crippen LogP contribution >= 0.6 is 0 Å². The predicted molar refractivity (Wildman–Crippen MR) is 108 cm³/mol. The molecule has 1 saturated carbocycles. The number of benzene rings is 1. The molecule has 2 unspecified atom stereocenters. The molecular formula is C21H26N2O5S. The van der Waals surface area contributed by atoms with Crippen LogP contribution in [0.25, 0.3) is 0 Å². The number of carbonyl (C=O) groups is 1. The maximum atomic E-state index is 13.6. The topological polar surface area (TPSA) is 96.8 Å². The third-order valence-electron chi connectivity index (χ3n) is 5.43. The zero-order valence-corrected chi connectivity index (χ0v) is 17.2. The summed E-state index contributed by atoms with van der Waals surface area (Å²) in [5.74, 6) is -0.533. The van der Waals surface area contributed by atoms with Crippen LogP contribution in [0.1, 0.15) is 37.7 Å². The third kappa shape index (κ3) is 5.13. The van der Waals surface area contributed by atoms with Gasteiger partial charge in [0.1, 0.15) is 5.75 Å². The lowest BCUT2D eigenvalue weighted by molar-refractivity contribution is -0.138. The first-order valence-corrected chi connectivity index (χ1v) is 11.1. The summed E-state index contributed by atoms with van der Waals surface area (Å²) >= 11 is 0. The van der Waals surface area contributed by atoms with Gasteiger partial charge in [0.05, 0.1) is 12.0 Å². The number of nitrogens with zero attached hydrogens (tertiary/aromatic N) is 2. The first kappa shape index (κ1) is 21.3. The number of hydrogen-bond acceptors (Lipinski definition) is 5. The Morgan fingerprint density at radius 3 is 2.41 bits per heavy atom. The summed E-state index contributed by atoms with van der Waals surface area (Å²) < 4.78 is 33.8. The Hall–Kier alpha value is -2.45. The van der Waals surface area contributed by atoms with E-state index in [1.165, 1.54) is 23.5 Å². The van der Waals surface area contributed by atoms with E-state index in [0.29, 0.717) is 18.6 Å². The molecule has 7 nitrogen and oxygen atoms in total. The van der Waals surface area contributed by atoms with Crippen LogP contribution in [-0.2, 0) is 21.4 Å². The van der Waals surface area contributed by atoms with Crippen molar-refractivity contribution in [3.63, 3.8) is 0 Å². The standard InChI is InChI=1S/C21H26N2O5S/c1-28-18-6-8-19(9-7-18)29(26,27)23(15-16-10-12-22-13-11-16)20-5-3-2-4-17(20)14-21(24)25/h6-13,17,20H,2-5,14-15H2,1H3,(H,24,25). The highest BCUT2D eigenvalue weighted by molar-refractivity contribution is 7.89. The molecule has 1 aromatic carbocycles. The quantitative estimate of drug-likeness (QED) is 0.706. The summed E-state index contributed by atoms with van der Waals surface area (Å²) in [5.41, 5.74) is 0.816. The van der Waals surface area contributed by atoms with Crippen LogP contribution < -0.4 is 4.74 Å². The van der Waals surface area contributed by atoms with Gasteiger partial charge in [-0.25, -0.2) is 8.42 Å². The van der Waals surface area contributed by atoms with E-state index >= 15 is 0 Å². The molecule has 0 saturated heterocycles. The van der Waals surface area contributed by atoms with Gasteiger partial charge in [0.15, 0.2) is 0 Å². The molecule has 8 heteroatoms. The van der Waals surface area contributed by atoms with Crippen LogP contribution in [0.3, 0.4) is 0 Å². The molecule has 1 aromatic heterocycles. The van der Waals surface area contributed by atoms with Crippen LogP contribution in [0.15, 0.2) is 53.7 Å². The van der Waals surface area contributed by atoms with Gasteiger partial charge in [0.25, 0.3) is 0 Å². The zero-order valence-electron chi connectivity index (χ0n) is 16.4. The lowest BCUT2D eigenvalue weighted by atomic mass is 9.82. The Kier molecular flexibility index (Phi) is 6.87. The summed E-state index contributed by atoms with van der Waals surface area (Å²) in [5, 5.41) is 9.34. The molecule has 1 heterocycles. The molecular weight excluding hydrogens is 392 g/mol. The van der Waals surface area contributed by atoms with Crippen molar-refractivity contribution in [1.82, 2.24) is 9.29 Å². The average Bonchev–Trinajstić information content (AvgIpc) is 2.73. The molecule has 0 amide bonds. The second-order valence-electron chi connectivity index (χ2n) is 7.29. The Morgan fingerprint density at radius 1 is 1.14 bits per heavy atom. The number of carboxylic acids is 1. The van der Waals surface area contributed by atoms with Crippen molar-refractivity contribution in [3.05, 3.63) is 54.4 Å². The predicted octanol–water partition coefficient (Wildman–Crippen LogP) is 3.31. The zero-order chi connectivity index (χ0) is 20.9. The molecule has 29 heavy (non-hydrogen) atoms. The first-order chi connectivity index (χ1) is 13.9. The SMILES string of the molecule is COc1ccc(S(=O)(=O)N(Cc2ccncc2)C2CCCCC2CC(=O)O)cc1. The van der Waals surface area contributed by atoms with Gasteiger partial charge in [-0.1, -0.05) is 12.8 Å². The highest BCUT2D eigenvalue weighted by atomic mass is 32.2. The molecule has 2 atom stereocenters. The minimum Gasteiger partial charge on any atom is -0.497 e. The van der Waals surface area contributed by atoms with E-state index in [0.717, 1.165) is 18.4 Å². The van der Waals surface area contributed by atoms with Crippen molar-refractivity contribution in [2.45, 2.75) is 49.6 Å². The van der Waals surface area contributed by atoms with Gasteiger partial charge < -0.3 is 9.84 Å². The van der Waals surface area contributed by atoms with Gasteiger partial charge in [-0.05, 0) is 60.7 Å². The number of sulfonamides is 1. The molecule has 1 N–H and O–H groups in total. The smallest absolute Gasteiger partial charge is 0.303 e. The minimum atomic E-state index is -3.83. The summed E-state index contributed by atoms with van der Waals surface area (Å²) in [7, 11) is -2.30. The van der Waals surface area contributed by atoms with Crippen molar-refractivity contribution >= 4 is 16.0 Å². The minimum absolute atomic E-state index is 0.0321. The van der Waals surface area contributed by atoms with Crippen molar-refractivity contribution in [2.75, 3.05) is 7.11 Å². The highest BCUT2D eigenvalue weighted by Crippen LogP contribution is 2.35. The number of ether oxygens (including phenoxy) is 1. The second kappa shape index (κ2) is 9.37. The van der Waals surface area contributed by atoms with E-state index in [-0.39, 0.29) is 29.8 Å². The Bertz CT molecular complexity index is 916. The number of carboxylic acid groups (broad SMARTS) is 1. The van der Waals surface area contributed by atoms with E-state index in [9.17, 15) is 18.3 Å². The van der Waals surface area contributed by atoms with Crippen molar-refractivity contribution < 1.29 is 23.1 Å². The maximum absolute atomic E-state index is 13.6. The summed E-state index contributed by atoms with van der Waals surface area (Å²) in [6, 6.07) is 9.50. The molecule has 0 radical (unpaired) electrons. The van der Waals surface area contributed by atoms with Crippen molar-refractivity contribution in [3.8, 4) is 5.75 Å². The van der Waals surface area contributed by atoms with Gasteiger partial charge in [-0.2, -0.15) is 4.31 Å². The molecule has 0 bridgehead atoms. The lowest BCUT2D eigenvalue weighted by Gasteiger charge is -2.38. The third-order valence-corrected chi connectivity index (χ3v) is 7.31. The molecule has 1 fully saturated rings. The molecule has 1 aliphatic carbocycles. The Balaban J connectivity index is 2.00. The maximum Gasteiger partial charge on any atom is 0.303 e. The average molecular weight is 419 g/mol. The van der Waals surface area contributed by atoms with Gasteiger partial charge in [-0.3, -0.25) is 9.78 Å². The largest absolute Gasteiger partial charge is 0.497 e. The summed E-state index contributed by atoms with van der Waals surface area (Å²) in [6.07, 6.45) is 6.38. The fourth-order valence-electron chi connectivity index (χ4n) is 3.96. The molecule has 3 rings (SSSR count). The van der Waals surface area contributed by atoms with Gasteiger partial charge in [-0.15, -0.1) is 0 Å². The Morgan fingerprint density at radius 2 is 1.79 bits per heavy atom. The molecule has 0 aliphatic heterocycles. The second-order valence-corrected chi connectivity index (χ2v) is 9.18. The summed E-state index contributed by atoms with van der Waals surface area (Å²) in [6.45, 7) is 0.178. The number of rotatable bonds is 8. The highest BCUT2D eigenvalue weighted by Gasteiger charge is 2.38. The van der Waals surface area contributed by atoms with Crippen LogP contribution in [0.5, 0.6) is 5.75 Å². The van der Waals surface area contributed by atoms with E-state index in [1.54, 1.807) is 36.7 Å². The van der Waals surface area contributed by atoms with Gasteiger partial charge in [0, 0.05) is 31.4 Å². The monoisotopic (exact) mass is 418 g/mol. The fourth-order valence-corrected chi connectivity index (χ4v) is 5.67.